The van der Waals surface area contributed by atoms with Gasteiger partial charge in [-0.25, -0.2) is 0 Å². The van der Waals surface area contributed by atoms with E-state index in [-0.39, 0.29) is 36.2 Å². The van der Waals surface area contributed by atoms with Crippen molar-refractivity contribution in [1.29, 1.82) is 0 Å². The fraction of sp³-hybridized carbons (Fsp3) is 0.619. The number of amides is 2. The van der Waals surface area contributed by atoms with E-state index in [2.05, 4.69) is 22.8 Å². The predicted molar refractivity (Wildman–Crippen MR) is 111 cm³/mol. The number of likely N-dealkylation sites (N-methyl/N-ethyl adjacent to an activating group) is 1. The van der Waals surface area contributed by atoms with Gasteiger partial charge < -0.3 is 15.5 Å². The fourth-order valence-electron chi connectivity index (χ4n) is 4.89. The molecule has 1 saturated carbocycles. The SMILES string of the molecule is Cc1cc(C)c(NC(=O)CN(C)C(=O)[C@@]23CCCC[C@H]2CNC3)c(C)c1.Cl. The van der Waals surface area contributed by atoms with Crippen LogP contribution in [0.5, 0.6) is 0 Å². The summed E-state index contributed by atoms with van der Waals surface area (Å²) < 4.78 is 0. The maximum absolute atomic E-state index is 13.2. The van der Waals surface area contributed by atoms with Gasteiger partial charge in [0.05, 0.1) is 12.0 Å². The molecule has 2 amide bonds. The minimum Gasteiger partial charge on any atom is -0.336 e. The van der Waals surface area contributed by atoms with E-state index in [4.69, 9.17) is 0 Å². The summed E-state index contributed by atoms with van der Waals surface area (Å²) in [6.07, 6.45) is 4.36. The second-order valence-corrected chi connectivity index (χ2v) is 8.21. The molecule has 0 unspecified atom stereocenters. The Kier molecular flexibility index (Phi) is 6.92. The highest BCUT2D eigenvalue weighted by molar-refractivity contribution is 5.96. The minimum absolute atomic E-state index is 0. The summed E-state index contributed by atoms with van der Waals surface area (Å²) in [6.45, 7) is 7.82. The van der Waals surface area contributed by atoms with Crippen molar-refractivity contribution in [2.24, 2.45) is 11.3 Å². The van der Waals surface area contributed by atoms with Crippen LogP contribution < -0.4 is 10.6 Å². The molecule has 150 valence electrons. The third-order valence-corrected chi connectivity index (χ3v) is 6.13. The lowest BCUT2D eigenvalue weighted by Crippen LogP contribution is -2.50. The van der Waals surface area contributed by atoms with Gasteiger partial charge in [-0.2, -0.15) is 0 Å². The number of rotatable bonds is 4. The van der Waals surface area contributed by atoms with Gasteiger partial charge in [0.25, 0.3) is 0 Å². The quantitative estimate of drug-likeness (QED) is 0.825. The van der Waals surface area contributed by atoms with Gasteiger partial charge in [-0.1, -0.05) is 30.5 Å². The topological polar surface area (TPSA) is 61.4 Å². The van der Waals surface area contributed by atoms with Crippen LogP contribution in [-0.2, 0) is 9.59 Å². The monoisotopic (exact) mass is 393 g/mol. The van der Waals surface area contributed by atoms with Crippen molar-refractivity contribution < 1.29 is 9.59 Å². The third-order valence-electron chi connectivity index (χ3n) is 6.13. The van der Waals surface area contributed by atoms with Crippen molar-refractivity contribution in [3.63, 3.8) is 0 Å². The van der Waals surface area contributed by atoms with Crippen molar-refractivity contribution in [2.45, 2.75) is 46.5 Å². The molecule has 2 N–H and O–H groups in total. The van der Waals surface area contributed by atoms with Gasteiger partial charge in [0.2, 0.25) is 11.8 Å². The first-order valence-corrected chi connectivity index (χ1v) is 9.67. The van der Waals surface area contributed by atoms with Crippen LogP contribution >= 0.6 is 12.4 Å². The average molecular weight is 394 g/mol. The molecule has 0 bridgehead atoms. The zero-order valence-corrected chi connectivity index (χ0v) is 17.7. The Morgan fingerprint density at radius 2 is 1.89 bits per heavy atom. The molecule has 0 spiro atoms. The molecule has 0 radical (unpaired) electrons. The molecule has 1 heterocycles. The van der Waals surface area contributed by atoms with E-state index in [0.29, 0.717) is 5.92 Å². The number of carbonyl (C=O) groups is 2. The Morgan fingerprint density at radius 3 is 2.56 bits per heavy atom. The average Bonchev–Trinajstić information content (AvgIpc) is 3.02. The van der Waals surface area contributed by atoms with E-state index in [9.17, 15) is 9.59 Å². The molecule has 0 aromatic heterocycles. The van der Waals surface area contributed by atoms with Crippen LogP contribution in [0, 0.1) is 32.1 Å². The van der Waals surface area contributed by atoms with Crippen molar-refractivity contribution in [1.82, 2.24) is 10.2 Å². The van der Waals surface area contributed by atoms with E-state index >= 15 is 0 Å². The number of halogens is 1. The lowest BCUT2D eigenvalue weighted by molar-refractivity contribution is -0.145. The Labute approximate surface area is 168 Å². The zero-order valence-electron chi connectivity index (χ0n) is 16.9. The first kappa shape index (κ1) is 21.7. The molecule has 27 heavy (non-hydrogen) atoms. The highest BCUT2D eigenvalue weighted by Crippen LogP contribution is 2.44. The molecule has 1 aliphatic carbocycles. The molecule has 1 saturated heterocycles. The standard InChI is InChI=1S/C21H31N3O2.ClH/c1-14-9-15(2)19(16(3)10-14)23-18(25)12-24(4)20(26)21-8-6-5-7-17(21)11-22-13-21;/h9-10,17,22H,5-8,11-13H2,1-4H3,(H,23,25);1H/t17-,21+;/m0./s1. The highest BCUT2D eigenvalue weighted by Gasteiger charge is 2.50. The number of benzene rings is 1. The molecule has 5 nitrogen and oxygen atoms in total. The number of fused-ring (bicyclic) bond motifs is 1. The maximum Gasteiger partial charge on any atom is 0.243 e. The smallest absolute Gasteiger partial charge is 0.243 e. The predicted octanol–water partition coefficient (Wildman–Crippen LogP) is 3.21. The van der Waals surface area contributed by atoms with E-state index < -0.39 is 0 Å². The van der Waals surface area contributed by atoms with Crippen LogP contribution in [0.2, 0.25) is 0 Å². The van der Waals surface area contributed by atoms with Crippen LogP contribution in [0.15, 0.2) is 12.1 Å². The Bertz CT molecular complexity index is 698. The molecule has 2 fully saturated rings. The van der Waals surface area contributed by atoms with Crippen molar-refractivity contribution in [3.8, 4) is 0 Å². The number of nitrogens with zero attached hydrogens (tertiary/aromatic N) is 1. The zero-order chi connectivity index (χ0) is 18.9. The molecule has 6 heteroatoms. The minimum atomic E-state index is -0.303. The van der Waals surface area contributed by atoms with Crippen LogP contribution in [-0.4, -0.2) is 43.4 Å². The number of aryl methyl sites for hydroxylation is 3. The van der Waals surface area contributed by atoms with Gasteiger partial charge in [-0.05, 0) is 57.2 Å². The summed E-state index contributed by atoms with van der Waals surface area (Å²) in [6, 6.07) is 4.13. The molecule has 2 atom stereocenters. The van der Waals surface area contributed by atoms with E-state index in [0.717, 1.165) is 49.2 Å². The maximum atomic E-state index is 13.2. The van der Waals surface area contributed by atoms with Gasteiger partial charge in [0.15, 0.2) is 0 Å². The van der Waals surface area contributed by atoms with E-state index in [1.807, 2.05) is 20.8 Å². The fourth-order valence-corrected chi connectivity index (χ4v) is 4.89. The van der Waals surface area contributed by atoms with Gasteiger partial charge in [0.1, 0.15) is 0 Å². The highest BCUT2D eigenvalue weighted by atomic mass is 35.5. The lowest BCUT2D eigenvalue weighted by Gasteiger charge is -2.39. The lowest BCUT2D eigenvalue weighted by atomic mass is 9.67. The number of hydrogen-bond donors (Lipinski definition) is 2. The number of carbonyl (C=O) groups excluding carboxylic acids is 2. The molecule has 1 aromatic rings. The molecular weight excluding hydrogens is 362 g/mol. The van der Waals surface area contributed by atoms with Crippen LogP contribution in [0.3, 0.4) is 0 Å². The normalized spacial score (nSPS) is 23.9. The first-order chi connectivity index (χ1) is 12.3. The van der Waals surface area contributed by atoms with E-state index in [1.165, 1.54) is 12.0 Å². The van der Waals surface area contributed by atoms with Crippen LogP contribution in [0.1, 0.15) is 42.4 Å². The van der Waals surface area contributed by atoms with Gasteiger partial charge in [0, 0.05) is 19.3 Å². The Hall–Kier alpha value is -1.59. The summed E-state index contributed by atoms with van der Waals surface area (Å²) in [5.74, 6) is 0.404. The molecule has 3 rings (SSSR count). The third kappa shape index (κ3) is 4.30. The number of hydrogen-bond acceptors (Lipinski definition) is 3. The van der Waals surface area contributed by atoms with Gasteiger partial charge >= 0.3 is 0 Å². The van der Waals surface area contributed by atoms with Crippen molar-refractivity contribution >= 4 is 29.9 Å². The van der Waals surface area contributed by atoms with E-state index in [1.54, 1.807) is 11.9 Å². The molecule has 2 aliphatic rings. The summed E-state index contributed by atoms with van der Waals surface area (Å²) >= 11 is 0. The molecule has 1 aromatic carbocycles. The summed E-state index contributed by atoms with van der Waals surface area (Å²) in [7, 11) is 1.76. The second kappa shape index (κ2) is 8.61. The van der Waals surface area contributed by atoms with Crippen LogP contribution in [0.4, 0.5) is 5.69 Å². The van der Waals surface area contributed by atoms with Crippen LogP contribution in [0.25, 0.3) is 0 Å². The summed E-state index contributed by atoms with van der Waals surface area (Å²) in [5.41, 5.74) is 3.84. The van der Waals surface area contributed by atoms with Gasteiger partial charge in [-0.15, -0.1) is 12.4 Å². The molecule has 1 aliphatic heterocycles. The van der Waals surface area contributed by atoms with Gasteiger partial charge in [-0.3, -0.25) is 9.59 Å². The number of anilines is 1. The molecular formula is C21H32ClN3O2. The van der Waals surface area contributed by atoms with Crippen molar-refractivity contribution in [3.05, 3.63) is 28.8 Å². The largest absolute Gasteiger partial charge is 0.336 e. The summed E-state index contributed by atoms with van der Waals surface area (Å²) in [5, 5.41) is 6.41. The Morgan fingerprint density at radius 1 is 1.22 bits per heavy atom. The van der Waals surface area contributed by atoms with Crippen molar-refractivity contribution in [2.75, 3.05) is 32.0 Å². The Balaban J connectivity index is 0.00000261. The number of nitrogens with one attached hydrogen (secondary N) is 2. The summed E-state index contributed by atoms with van der Waals surface area (Å²) in [4.78, 5) is 27.4. The first-order valence-electron chi connectivity index (χ1n) is 9.67. The second-order valence-electron chi connectivity index (χ2n) is 8.21.